The number of aliphatic carboxylic acids is 1. The zero-order valence-electron chi connectivity index (χ0n) is 26.8. The van der Waals surface area contributed by atoms with E-state index in [1.807, 2.05) is 115 Å². The van der Waals surface area contributed by atoms with E-state index < -0.39 is 11.5 Å². The molecule has 0 saturated carbocycles. The van der Waals surface area contributed by atoms with Gasteiger partial charge in [0.1, 0.15) is 12.1 Å². The number of hydrogen-bond donors (Lipinski definition) is 1. The Balaban J connectivity index is 1.45. The molecule has 0 atom stereocenters. The van der Waals surface area contributed by atoms with E-state index in [9.17, 15) is 14.7 Å². The molecule has 48 heavy (non-hydrogen) atoms. The van der Waals surface area contributed by atoms with Gasteiger partial charge in [-0.1, -0.05) is 153 Å². The van der Waals surface area contributed by atoms with Gasteiger partial charge in [0.2, 0.25) is 5.91 Å². The van der Waals surface area contributed by atoms with E-state index in [2.05, 4.69) is 46.7 Å². The van der Waals surface area contributed by atoms with Gasteiger partial charge >= 0.3 is 5.97 Å². The van der Waals surface area contributed by atoms with Gasteiger partial charge in [0, 0.05) is 18.5 Å². The van der Waals surface area contributed by atoms with Gasteiger partial charge in [-0.25, -0.2) is 4.68 Å². The normalized spacial score (nSPS) is 11.3. The number of unbranched alkanes of at least 4 members (excludes halogenated alkanes) is 1. The van der Waals surface area contributed by atoms with Gasteiger partial charge in [-0.05, 0) is 50.2 Å². The maximum atomic E-state index is 12.8. The lowest BCUT2D eigenvalue weighted by atomic mass is 9.77. The summed E-state index contributed by atoms with van der Waals surface area (Å²) in [6.07, 6.45) is 1.93. The summed E-state index contributed by atoms with van der Waals surface area (Å²) in [4.78, 5) is 25.7. The number of hydrogen-bond acceptors (Lipinski definition) is 5. The van der Waals surface area contributed by atoms with Crippen LogP contribution in [-0.2, 0) is 21.7 Å². The molecule has 0 aliphatic heterocycles. The van der Waals surface area contributed by atoms with Gasteiger partial charge in [-0.15, -0.1) is 5.10 Å². The second kappa shape index (κ2) is 14.7. The second-order valence-electron chi connectivity index (χ2n) is 11.7. The molecule has 0 unspecified atom stereocenters. The molecule has 8 heteroatoms. The Bertz CT molecular complexity index is 1860. The van der Waals surface area contributed by atoms with Crippen LogP contribution in [0.15, 0.2) is 140 Å². The zero-order valence-corrected chi connectivity index (χ0v) is 26.8. The number of nitrogens with zero attached hydrogens (tertiary/aromatic N) is 5. The molecule has 0 saturated heterocycles. The Morgan fingerprint density at radius 1 is 0.708 bits per heavy atom. The number of carboxylic acid groups (broad SMARTS) is 1. The molecule has 0 spiro atoms. The summed E-state index contributed by atoms with van der Waals surface area (Å²) >= 11 is 0. The summed E-state index contributed by atoms with van der Waals surface area (Å²) in [7, 11) is 0. The van der Waals surface area contributed by atoms with Crippen LogP contribution in [0, 0.1) is 0 Å². The highest BCUT2D eigenvalue weighted by molar-refractivity contribution is 5.82. The summed E-state index contributed by atoms with van der Waals surface area (Å²) in [6, 6.07) is 46.8. The minimum absolute atomic E-state index is 0.153. The first-order chi connectivity index (χ1) is 23.5. The van der Waals surface area contributed by atoms with Crippen LogP contribution in [0.2, 0.25) is 0 Å². The number of benzene rings is 5. The van der Waals surface area contributed by atoms with E-state index in [0.717, 1.165) is 51.8 Å². The molecule has 6 rings (SSSR count). The van der Waals surface area contributed by atoms with Crippen molar-refractivity contribution in [3.05, 3.63) is 162 Å². The molecule has 240 valence electrons. The molecule has 0 aliphatic carbocycles. The first-order valence-electron chi connectivity index (χ1n) is 16.2. The van der Waals surface area contributed by atoms with Crippen LogP contribution >= 0.6 is 0 Å². The minimum Gasteiger partial charge on any atom is -0.480 e. The van der Waals surface area contributed by atoms with Crippen LogP contribution < -0.4 is 0 Å². The molecule has 1 N–H and O–H groups in total. The Morgan fingerprint density at radius 2 is 1.23 bits per heavy atom. The topological polar surface area (TPSA) is 101 Å². The van der Waals surface area contributed by atoms with Crippen molar-refractivity contribution in [3.8, 4) is 22.5 Å². The molecular weight excluding hydrogens is 598 g/mol. The first kappa shape index (κ1) is 32.1. The summed E-state index contributed by atoms with van der Waals surface area (Å²) in [5.74, 6) is -0.583. The Morgan fingerprint density at radius 3 is 1.75 bits per heavy atom. The van der Waals surface area contributed by atoms with E-state index >= 15 is 0 Å². The van der Waals surface area contributed by atoms with Crippen molar-refractivity contribution in [2.75, 3.05) is 6.54 Å². The van der Waals surface area contributed by atoms with E-state index in [4.69, 9.17) is 5.21 Å². The predicted octanol–water partition coefficient (Wildman–Crippen LogP) is 7.45. The second-order valence-corrected chi connectivity index (χ2v) is 11.7. The van der Waals surface area contributed by atoms with Crippen molar-refractivity contribution in [3.63, 3.8) is 0 Å². The monoisotopic (exact) mass is 635 g/mol. The third-order valence-electron chi connectivity index (χ3n) is 8.59. The average Bonchev–Trinajstić information content (AvgIpc) is 3.62. The standard InChI is InChI=1S/C40H37N5O3/c1-2-3-23-37(46)44(29-38(47)48)28-30-24-26-31(27-25-30)35-21-13-14-22-36(35)39-41-42-43-45(39)40(32-15-7-4-8-16-32,33-17-9-5-10-18-33)34-19-11-6-12-20-34/h4-22,24-27H,2-3,23,28-29H2,1H3,(H,47,48). The highest BCUT2D eigenvalue weighted by Gasteiger charge is 2.42. The lowest BCUT2D eigenvalue weighted by Gasteiger charge is -2.36. The van der Waals surface area contributed by atoms with Crippen LogP contribution in [-0.4, -0.2) is 48.6 Å². The van der Waals surface area contributed by atoms with Gasteiger partial charge in [-0.3, -0.25) is 9.59 Å². The summed E-state index contributed by atoms with van der Waals surface area (Å²) in [5, 5.41) is 23.0. The summed E-state index contributed by atoms with van der Waals surface area (Å²) < 4.78 is 1.92. The fourth-order valence-corrected chi connectivity index (χ4v) is 6.31. The van der Waals surface area contributed by atoms with Gasteiger partial charge < -0.3 is 10.0 Å². The lowest BCUT2D eigenvalue weighted by molar-refractivity contribution is -0.144. The van der Waals surface area contributed by atoms with E-state index in [1.165, 1.54) is 4.90 Å². The number of carboxylic acids is 1. The van der Waals surface area contributed by atoms with Crippen LogP contribution in [0.25, 0.3) is 22.5 Å². The SMILES string of the molecule is CCCCC(=O)N(CC(=O)O)Cc1ccc(-c2ccccc2-c2nnnn2C(c2ccccc2)(c2ccccc2)c2ccccc2)cc1. The van der Waals surface area contributed by atoms with Crippen molar-refractivity contribution in [1.29, 1.82) is 0 Å². The highest BCUT2D eigenvalue weighted by atomic mass is 16.4. The average molecular weight is 636 g/mol. The van der Waals surface area contributed by atoms with Crippen molar-refractivity contribution < 1.29 is 14.7 Å². The quantitative estimate of drug-likeness (QED) is 0.132. The fourth-order valence-electron chi connectivity index (χ4n) is 6.31. The Kier molecular flexibility index (Phi) is 9.81. The maximum Gasteiger partial charge on any atom is 0.323 e. The molecule has 0 bridgehead atoms. The Hall–Kier alpha value is -5.89. The lowest BCUT2D eigenvalue weighted by Crippen LogP contribution is -2.39. The number of aromatic nitrogens is 4. The predicted molar refractivity (Wildman–Crippen MR) is 186 cm³/mol. The van der Waals surface area contributed by atoms with Crippen LogP contribution in [0.5, 0.6) is 0 Å². The molecule has 1 aromatic heterocycles. The van der Waals surface area contributed by atoms with E-state index in [0.29, 0.717) is 12.2 Å². The van der Waals surface area contributed by atoms with Gasteiger partial charge in [0.05, 0.1) is 0 Å². The third-order valence-corrected chi connectivity index (χ3v) is 8.59. The number of amides is 1. The van der Waals surface area contributed by atoms with E-state index in [-0.39, 0.29) is 19.0 Å². The van der Waals surface area contributed by atoms with Gasteiger partial charge in [-0.2, -0.15) is 0 Å². The fraction of sp³-hybridized carbons (Fsp3) is 0.175. The molecule has 5 aromatic carbocycles. The summed E-state index contributed by atoms with van der Waals surface area (Å²) in [5.41, 5.74) is 5.72. The molecule has 0 radical (unpaired) electrons. The number of carbonyl (C=O) groups excluding carboxylic acids is 1. The van der Waals surface area contributed by atoms with Gasteiger partial charge in [0.25, 0.3) is 0 Å². The molecule has 1 amide bonds. The summed E-state index contributed by atoms with van der Waals surface area (Å²) in [6.45, 7) is 1.90. The van der Waals surface area contributed by atoms with Crippen molar-refractivity contribution in [2.24, 2.45) is 0 Å². The molecule has 8 nitrogen and oxygen atoms in total. The minimum atomic E-state index is -1.03. The van der Waals surface area contributed by atoms with Crippen LogP contribution in [0.1, 0.15) is 48.4 Å². The molecule has 0 fully saturated rings. The van der Waals surface area contributed by atoms with Gasteiger partial charge in [0.15, 0.2) is 5.82 Å². The molecule has 0 aliphatic rings. The smallest absolute Gasteiger partial charge is 0.323 e. The number of carbonyl (C=O) groups is 2. The van der Waals surface area contributed by atoms with E-state index in [1.54, 1.807) is 0 Å². The maximum absolute atomic E-state index is 12.8. The number of rotatable bonds is 13. The molecule has 1 heterocycles. The van der Waals surface area contributed by atoms with Crippen LogP contribution in [0.4, 0.5) is 0 Å². The van der Waals surface area contributed by atoms with Crippen molar-refractivity contribution in [1.82, 2.24) is 25.1 Å². The third kappa shape index (κ3) is 6.51. The van der Waals surface area contributed by atoms with Crippen molar-refractivity contribution in [2.45, 2.75) is 38.3 Å². The first-order valence-corrected chi connectivity index (χ1v) is 16.2. The number of tetrazole rings is 1. The largest absolute Gasteiger partial charge is 0.480 e. The molecular formula is C40H37N5O3. The Labute approximate surface area is 280 Å². The zero-order chi connectivity index (χ0) is 33.3. The highest BCUT2D eigenvalue weighted by Crippen LogP contribution is 2.43. The molecule has 6 aromatic rings. The van der Waals surface area contributed by atoms with Crippen molar-refractivity contribution >= 4 is 11.9 Å². The van der Waals surface area contributed by atoms with Crippen LogP contribution in [0.3, 0.4) is 0 Å².